The predicted octanol–water partition coefficient (Wildman–Crippen LogP) is 28.5. The van der Waals surface area contributed by atoms with E-state index in [1.807, 2.05) is 24.3 Å². The molecule has 0 aliphatic heterocycles. The molecule has 0 fully saturated rings. The first kappa shape index (κ1) is 65.0. The zero-order valence-electron chi connectivity index (χ0n) is 60.0. The van der Waals surface area contributed by atoms with Gasteiger partial charge in [0.1, 0.15) is 0 Å². The Kier molecular flexibility index (Phi) is 16.6. The lowest BCUT2D eigenvalue weighted by Crippen LogP contribution is -1.91. The Morgan fingerprint density at radius 2 is 0.318 bits per heavy atom. The van der Waals surface area contributed by atoms with Crippen molar-refractivity contribution in [2.75, 3.05) is 0 Å². The highest BCUT2D eigenvalue weighted by Gasteiger charge is 2.18. The number of nitrogens with zero attached hydrogens (tertiary/aromatic N) is 4. The second-order valence-electron chi connectivity index (χ2n) is 28.4. The molecule has 21 rings (SSSR count). The molecule has 17 aromatic carbocycles. The minimum absolute atomic E-state index is 0.916. The van der Waals surface area contributed by atoms with Gasteiger partial charge in [-0.1, -0.05) is 352 Å². The lowest BCUT2D eigenvalue weighted by Gasteiger charge is -2.15. The molecule has 512 valence electrons. The molecular formula is C106H68N4. The minimum Gasteiger partial charge on any atom is -0.245 e. The number of pyridine rings is 4. The molecule has 0 atom stereocenters. The number of aromatic nitrogens is 4. The minimum atomic E-state index is 0.916. The second kappa shape index (κ2) is 28.0. The fourth-order valence-corrected chi connectivity index (χ4v) is 16.0. The molecular weight excluding hydrogens is 1330 g/mol. The molecule has 0 saturated carbocycles. The van der Waals surface area contributed by atoms with E-state index in [1.165, 1.54) is 110 Å². The Morgan fingerprint density at radius 1 is 0.118 bits per heavy atom. The van der Waals surface area contributed by atoms with E-state index < -0.39 is 0 Å². The number of benzene rings is 17. The van der Waals surface area contributed by atoms with Crippen LogP contribution in [-0.4, -0.2) is 19.9 Å². The molecule has 0 aliphatic rings. The molecule has 0 aliphatic carbocycles. The average Bonchev–Trinajstić information content (AvgIpc) is 0.783. The van der Waals surface area contributed by atoms with Crippen LogP contribution in [0.3, 0.4) is 0 Å². The summed E-state index contributed by atoms with van der Waals surface area (Å²) in [5.41, 5.74) is 28.6. The van der Waals surface area contributed by atoms with Crippen LogP contribution in [0.15, 0.2) is 413 Å². The van der Waals surface area contributed by atoms with Crippen LogP contribution in [-0.2, 0) is 0 Å². The van der Waals surface area contributed by atoms with E-state index >= 15 is 0 Å². The highest BCUT2D eigenvalue weighted by atomic mass is 14.8. The van der Waals surface area contributed by atoms with Crippen molar-refractivity contribution in [1.82, 2.24) is 19.9 Å². The van der Waals surface area contributed by atoms with E-state index in [-0.39, 0.29) is 0 Å². The average molecular weight is 1400 g/mol. The van der Waals surface area contributed by atoms with Crippen molar-refractivity contribution in [3.63, 3.8) is 0 Å². The van der Waals surface area contributed by atoms with Gasteiger partial charge in [0.2, 0.25) is 0 Å². The fraction of sp³-hybridized carbons (Fsp3) is 0. The smallest absolute Gasteiger partial charge is 0.0972 e. The van der Waals surface area contributed by atoms with E-state index in [0.717, 1.165) is 99.8 Å². The van der Waals surface area contributed by atoms with Gasteiger partial charge in [0.15, 0.2) is 0 Å². The van der Waals surface area contributed by atoms with Crippen LogP contribution < -0.4 is 0 Å². The van der Waals surface area contributed by atoms with Crippen molar-refractivity contribution < 1.29 is 0 Å². The lowest BCUT2D eigenvalue weighted by molar-refractivity contribution is 1.36. The van der Waals surface area contributed by atoms with Crippen LogP contribution in [0.5, 0.6) is 0 Å². The summed E-state index contributed by atoms with van der Waals surface area (Å²) in [6.45, 7) is 0. The largest absolute Gasteiger partial charge is 0.245 e. The quantitative estimate of drug-likeness (QED) is 0.121. The molecule has 0 spiro atoms. The summed E-state index contributed by atoms with van der Waals surface area (Å²) in [6, 6.07) is 148. The van der Waals surface area contributed by atoms with Gasteiger partial charge in [-0.15, -0.1) is 0 Å². The first-order valence-electron chi connectivity index (χ1n) is 37.5. The molecule has 0 unspecified atom stereocenters. The summed E-state index contributed by atoms with van der Waals surface area (Å²) in [6.07, 6.45) is 0. The molecule has 0 saturated heterocycles. The highest BCUT2D eigenvalue weighted by Crippen LogP contribution is 2.43. The molecule has 0 amide bonds. The second-order valence-corrected chi connectivity index (χ2v) is 28.4. The summed E-state index contributed by atoms with van der Waals surface area (Å²) in [5.74, 6) is 0. The number of fused-ring (bicyclic) bond motifs is 10. The van der Waals surface area contributed by atoms with Gasteiger partial charge in [0, 0.05) is 43.8 Å². The van der Waals surface area contributed by atoms with E-state index in [2.05, 4.69) is 388 Å². The molecule has 4 heteroatoms. The van der Waals surface area contributed by atoms with Gasteiger partial charge in [-0.3, -0.25) is 0 Å². The van der Waals surface area contributed by atoms with Crippen LogP contribution in [0, 0.1) is 0 Å². The third-order valence-corrected chi connectivity index (χ3v) is 21.7. The van der Waals surface area contributed by atoms with Crippen LogP contribution >= 0.6 is 0 Å². The van der Waals surface area contributed by atoms with E-state index in [1.54, 1.807) is 0 Å². The molecule has 0 bridgehead atoms. The van der Waals surface area contributed by atoms with E-state index in [9.17, 15) is 0 Å². The maximum Gasteiger partial charge on any atom is 0.0972 e. The maximum atomic E-state index is 5.21. The van der Waals surface area contributed by atoms with Crippen LogP contribution in [0.1, 0.15) is 0 Å². The van der Waals surface area contributed by atoms with E-state index in [0.29, 0.717) is 0 Å². The van der Waals surface area contributed by atoms with Gasteiger partial charge in [0.05, 0.1) is 44.8 Å². The normalized spacial score (nSPS) is 11.5. The van der Waals surface area contributed by atoms with Crippen molar-refractivity contribution in [3.8, 4) is 123 Å². The van der Waals surface area contributed by atoms with Crippen molar-refractivity contribution in [1.29, 1.82) is 0 Å². The first-order chi connectivity index (χ1) is 54.5. The lowest BCUT2D eigenvalue weighted by atomic mass is 9.89. The van der Waals surface area contributed by atoms with Gasteiger partial charge in [-0.05, 0) is 182 Å². The number of hydrogen-bond acceptors (Lipinski definition) is 4. The van der Waals surface area contributed by atoms with Crippen molar-refractivity contribution >= 4 is 86.7 Å². The van der Waals surface area contributed by atoms with Crippen molar-refractivity contribution in [2.45, 2.75) is 0 Å². The molecule has 4 heterocycles. The van der Waals surface area contributed by atoms with Gasteiger partial charge >= 0.3 is 0 Å². The Hall–Kier alpha value is -14.6. The van der Waals surface area contributed by atoms with Gasteiger partial charge < -0.3 is 0 Å². The van der Waals surface area contributed by atoms with Gasteiger partial charge in [0.25, 0.3) is 0 Å². The third-order valence-electron chi connectivity index (χ3n) is 21.7. The Bertz CT molecular complexity index is 6900. The number of rotatable bonds is 11. The van der Waals surface area contributed by atoms with Crippen LogP contribution in [0.2, 0.25) is 0 Å². The van der Waals surface area contributed by atoms with E-state index in [4.69, 9.17) is 19.9 Å². The summed E-state index contributed by atoms with van der Waals surface area (Å²) in [4.78, 5) is 20.6. The Morgan fingerprint density at radius 3 is 0.591 bits per heavy atom. The fourth-order valence-electron chi connectivity index (χ4n) is 16.0. The molecule has 4 aromatic heterocycles. The third kappa shape index (κ3) is 12.4. The monoisotopic (exact) mass is 1400 g/mol. The van der Waals surface area contributed by atoms with Crippen molar-refractivity contribution in [3.05, 3.63) is 413 Å². The van der Waals surface area contributed by atoms with Crippen LogP contribution in [0.25, 0.3) is 210 Å². The summed E-state index contributed by atoms with van der Waals surface area (Å²) < 4.78 is 0. The predicted molar refractivity (Wildman–Crippen MR) is 464 cm³/mol. The molecule has 21 aromatic rings. The summed E-state index contributed by atoms with van der Waals surface area (Å²) in [7, 11) is 0. The first-order valence-corrected chi connectivity index (χ1v) is 37.5. The molecule has 4 nitrogen and oxygen atoms in total. The highest BCUT2D eigenvalue weighted by molar-refractivity contribution is 6.08. The van der Waals surface area contributed by atoms with Gasteiger partial charge in [-0.25, -0.2) is 19.9 Å². The Labute approximate surface area is 637 Å². The summed E-state index contributed by atoms with van der Waals surface area (Å²) >= 11 is 0. The Balaban J connectivity index is 0.000000145. The molecule has 0 radical (unpaired) electrons. The van der Waals surface area contributed by atoms with Gasteiger partial charge in [-0.2, -0.15) is 0 Å². The topological polar surface area (TPSA) is 51.6 Å². The standard InChI is InChI=1S/C56H36N2.C50H32N2/c1-2-12-42(13-3-1)53-32-30-44-28-29-45-31-33-54(58-56(45)55(44)57-53)43-26-24-38(25-27-43)37-20-22-39(23-21-37)46-34-47(51-18-8-14-40-10-4-6-16-49(40)51)36-48(35-46)52-19-9-15-41-11-5-7-17-50(41)52;1-2-12-36(13-3-1)47-28-26-38-24-25-39-27-29-48(52-50(39)49(38)51-47)37-22-20-33(21-23-37)40-30-41(45-18-8-14-34-10-4-6-16-43(34)45)32-42(31-40)46-19-9-15-35-11-5-7-17-44(35)46/h1-36H;1-32H. The summed E-state index contributed by atoms with van der Waals surface area (Å²) in [5, 5.41) is 14.3. The zero-order chi connectivity index (χ0) is 72.9. The molecule has 0 N–H and O–H groups in total. The molecule has 110 heavy (non-hydrogen) atoms. The number of hydrogen-bond donors (Lipinski definition) is 0. The van der Waals surface area contributed by atoms with Crippen LogP contribution in [0.4, 0.5) is 0 Å². The SMILES string of the molecule is c1ccc(-c2ccc3ccc4ccc(-c5ccc(-c6cc(-c7cccc8ccccc78)cc(-c7cccc8ccccc78)c6)cc5)nc4c3n2)cc1.c1ccc(-c2ccc3ccc4ccc(-c5ccc(-c6ccc(-c7cc(-c8cccc9ccccc89)cc(-c8cccc9ccccc89)c7)cc6)cc5)nc4c3n2)cc1. The van der Waals surface area contributed by atoms with Crippen molar-refractivity contribution in [2.24, 2.45) is 0 Å². The maximum absolute atomic E-state index is 5.21. The zero-order valence-corrected chi connectivity index (χ0v) is 60.0.